The van der Waals surface area contributed by atoms with Crippen molar-refractivity contribution in [2.45, 2.75) is 49.6 Å². The molecule has 0 spiro atoms. The molecule has 2 N–H and O–H groups in total. The van der Waals surface area contributed by atoms with Gasteiger partial charge >= 0.3 is 0 Å². The molecule has 0 amide bonds. The van der Waals surface area contributed by atoms with Crippen molar-refractivity contribution in [2.75, 3.05) is 0 Å². The summed E-state index contributed by atoms with van der Waals surface area (Å²) in [4.78, 5) is -0.500. The number of aliphatic hydroxyl groups is 1. The van der Waals surface area contributed by atoms with E-state index >= 15 is 0 Å². The number of hydrogen-bond donors (Lipinski definition) is 2. The van der Waals surface area contributed by atoms with E-state index in [1.54, 1.807) is 0 Å². The lowest BCUT2D eigenvalue weighted by Crippen LogP contribution is -2.36. The van der Waals surface area contributed by atoms with Gasteiger partial charge in [0.15, 0.2) is 0 Å². The number of sulfonamides is 1. The van der Waals surface area contributed by atoms with E-state index in [0.717, 1.165) is 38.2 Å². The maximum atomic E-state index is 14.1. The zero-order valence-corrected chi connectivity index (χ0v) is 12.5. The molecule has 1 aliphatic rings. The number of rotatable bonds is 4. The van der Waals surface area contributed by atoms with Crippen molar-refractivity contribution >= 4 is 21.6 Å². The smallest absolute Gasteiger partial charge is 0.243 e. The fraction of sp³-hybridized carbons (Fsp3) is 0.538. The van der Waals surface area contributed by atoms with E-state index in [4.69, 9.17) is 16.7 Å². The van der Waals surface area contributed by atoms with Gasteiger partial charge in [-0.1, -0.05) is 30.9 Å². The maximum absolute atomic E-state index is 14.1. The Morgan fingerprint density at radius 1 is 1.30 bits per heavy atom. The quantitative estimate of drug-likeness (QED) is 0.895. The molecule has 0 bridgehead atoms. The summed E-state index contributed by atoms with van der Waals surface area (Å²) in [7, 11) is -3.97. The van der Waals surface area contributed by atoms with Gasteiger partial charge in [0, 0.05) is 16.6 Å². The molecule has 0 atom stereocenters. The molecule has 20 heavy (non-hydrogen) atoms. The molecular weight excluding hydrogens is 305 g/mol. The van der Waals surface area contributed by atoms with Crippen LogP contribution in [0.15, 0.2) is 17.0 Å². The van der Waals surface area contributed by atoms with Gasteiger partial charge in [0.2, 0.25) is 10.0 Å². The van der Waals surface area contributed by atoms with Crippen LogP contribution in [0.1, 0.15) is 37.7 Å². The molecule has 1 fully saturated rings. The average molecular weight is 322 g/mol. The zero-order chi connectivity index (χ0) is 14.8. The molecule has 7 heteroatoms. The molecule has 0 aromatic heterocycles. The van der Waals surface area contributed by atoms with Gasteiger partial charge in [0.1, 0.15) is 10.7 Å². The first-order chi connectivity index (χ1) is 9.44. The fourth-order valence-electron chi connectivity index (χ4n) is 2.43. The van der Waals surface area contributed by atoms with Crippen LogP contribution in [-0.4, -0.2) is 19.6 Å². The molecule has 1 aromatic carbocycles. The Hall–Kier alpha value is -0.690. The molecule has 112 valence electrons. The number of nitrogens with one attached hydrogen (secondary N) is 1. The first-order valence-electron chi connectivity index (χ1n) is 6.55. The third kappa shape index (κ3) is 3.49. The zero-order valence-electron chi connectivity index (χ0n) is 10.9. The lowest BCUT2D eigenvalue weighted by atomic mass is 9.96. The highest BCUT2D eigenvalue weighted by molar-refractivity contribution is 7.89. The second-order valence-corrected chi connectivity index (χ2v) is 7.11. The Labute approximate surface area is 123 Å². The molecule has 2 rings (SSSR count). The van der Waals surface area contributed by atoms with Gasteiger partial charge in [-0.15, -0.1) is 0 Å². The third-order valence-corrected chi connectivity index (χ3v) is 5.20. The molecule has 0 heterocycles. The SMILES string of the molecule is O=S(=O)(NC1CCCCC1)c1cc(Cl)cc(CO)c1F. The molecule has 1 aliphatic carbocycles. The minimum absolute atomic E-state index is 0.0828. The van der Waals surface area contributed by atoms with Crippen LogP contribution in [0.3, 0.4) is 0 Å². The summed E-state index contributed by atoms with van der Waals surface area (Å²) in [6.07, 6.45) is 4.54. The molecule has 0 aliphatic heterocycles. The molecule has 4 nitrogen and oxygen atoms in total. The minimum Gasteiger partial charge on any atom is -0.392 e. The Morgan fingerprint density at radius 3 is 2.55 bits per heavy atom. The topological polar surface area (TPSA) is 66.4 Å². The van der Waals surface area contributed by atoms with Crippen LogP contribution in [0.25, 0.3) is 0 Å². The first kappa shape index (κ1) is 15.7. The minimum atomic E-state index is -3.97. The van der Waals surface area contributed by atoms with Crippen molar-refractivity contribution in [3.63, 3.8) is 0 Å². The van der Waals surface area contributed by atoms with E-state index in [2.05, 4.69) is 4.72 Å². The molecule has 0 unspecified atom stereocenters. The summed E-state index contributed by atoms with van der Waals surface area (Å²) in [5, 5.41) is 9.12. The van der Waals surface area contributed by atoms with Gasteiger partial charge in [-0.25, -0.2) is 17.5 Å². The summed E-state index contributed by atoms with van der Waals surface area (Å²) in [5.41, 5.74) is -0.124. The number of halogens is 2. The van der Waals surface area contributed by atoms with E-state index in [1.807, 2.05) is 0 Å². The van der Waals surface area contributed by atoms with Crippen LogP contribution in [-0.2, 0) is 16.6 Å². The lowest BCUT2D eigenvalue weighted by Gasteiger charge is -2.23. The fourth-order valence-corrected chi connectivity index (χ4v) is 4.19. The Balaban J connectivity index is 2.31. The summed E-state index contributed by atoms with van der Waals surface area (Å²) >= 11 is 5.78. The Kier molecular flexibility index (Phi) is 5.01. The molecule has 0 radical (unpaired) electrons. The largest absolute Gasteiger partial charge is 0.392 e. The monoisotopic (exact) mass is 321 g/mol. The summed E-state index contributed by atoms with van der Waals surface area (Å²) < 4.78 is 41.1. The second-order valence-electron chi connectivity index (χ2n) is 4.99. The Morgan fingerprint density at radius 2 is 1.95 bits per heavy atom. The lowest BCUT2D eigenvalue weighted by molar-refractivity contribution is 0.274. The summed E-state index contributed by atoms with van der Waals surface area (Å²) in [6.45, 7) is -0.599. The van der Waals surface area contributed by atoms with E-state index in [-0.39, 0.29) is 16.6 Å². The summed E-state index contributed by atoms with van der Waals surface area (Å²) in [6, 6.07) is 2.13. The normalized spacial score (nSPS) is 17.4. The average Bonchev–Trinajstić information content (AvgIpc) is 2.41. The van der Waals surface area contributed by atoms with Crippen LogP contribution in [0.2, 0.25) is 5.02 Å². The predicted molar refractivity (Wildman–Crippen MR) is 74.5 cm³/mol. The Bertz CT molecular complexity index is 586. The van der Waals surface area contributed by atoms with E-state index in [9.17, 15) is 12.8 Å². The van der Waals surface area contributed by atoms with Gasteiger partial charge in [-0.3, -0.25) is 0 Å². The number of aliphatic hydroxyl groups excluding tert-OH is 1. The van der Waals surface area contributed by atoms with E-state index in [1.165, 1.54) is 6.07 Å². The van der Waals surface area contributed by atoms with Crippen LogP contribution < -0.4 is 4.72 Å². The van der Waals surface area contributed by atoms with Crippen molar-refractivity contribution in [1.82, 2.24) is 4.72 Å². The molecule has 1 saturated carbocycles. The van der Waals surface area contributed by atoms with Crippen LogP contribution in [0.4, 0.5) is 4.39 Å². The van der Waals surface area contributed by atoms with Gasteiger partial charge in [-0.2, -0.15) is 0 Å². The van der Waals surface area contributed by atoms with Crippen molar-refractivity contribution < 1.29 is 17.9 Å². The van der Waals surface area contributed by atoms with Crippen LogP contribution in [0.5, 0.6) is 0 Å². The van der Waals surface area contributed by atoms with Crippen LogP contribution in [0, 0.1) is 5.82 Å². The predicted octanol–water partition coefficient (Wildman–Crippen LogP) is 2.58. The van der Waals surface area contributed by atoms with Crippen molar-refractivity contribution in [1.29, 1.82) is 0 Å². The maximum Gasteiger partial charge on any atom is 0.243 e. The van der Waals surface area contributed by atoms with Gasteiger partial charge in [0.05, 0.1) is 6.61 Å². The second kappa shape index (κ2) is 6.39. The van der Waals surface area contributed by atoms with Crippen molar-refractivity contribution in [3.05, 3.63) is 28.5 Å². The molecule has 0 saturated heterocycles. The summed E-state index contributed by atoms with van der Waals surface area (Å²) in [5.74, 6) is -0.944. The van der Waals surface area contributed by atoms with Gasteiger partial charge < -0.3 is 5.11 Å². The number of benzene rings is 1. The first-order valence-corrected chi connectivity index (χ1v) is 8.41. The van der Waals surface area contributed by atoms with E-state index in [0.29, 0.717) is 0 Å². The molecule has 1 aromatic rings. The van der Waals surface area contributed by atoms with Gasteiger partial charge in [-0.05, 0) is 25.0 Å². The third-order valence-electron chi connectivity index (χ3n) is 3.47. The van der Waals surface area contributed by atoms with Gasteiger partial charge in [0.25, 0.3) is 0 Å². The van der Waals surface area contributed by atoms with Crippen LogP contribution >= 0.6 is 11.6 Å². The van der Waals surface area contributed by atoms with Crippen molar-refractivity contribution in [2.24, 2.45) is 0 Å². The van der Waals surface area contributed by atoms with E-state index < -0.39 is 27.3 Å². The molecular formula is C13H17ClFNO3S. The highest BCUT2D eigenvalue weighted by atomic mass is 35.5. The highest BCUT2D eigenvalue weighted by Gasteiger charge is 2.26. The standard InChI is InChI=1S/C13H17ClFNO3S/c14-10-6-9(8-17)13(15)12(7-10)20(18,19)16-11-4-2-1-3-5-11/h6-7,11,16-17H,1-5,8H2. The van der Waals surface area contributed by atoms with Crippen molar-refractivity contribution in [3.8, 4) is 0 Å². The highest BCUT2D eigenvalue weighted by Crippen LogP contribution is 2.25. The number of hydrogen-bond acceptors (Lipinski definition) is 3.